The van der Waals surface area contributed by atoms with Crippen LogP contribution in [-0.4, -0.2) is 28.1 Å². The SMILES string of the molecule is COC(=O)/C=C/Nc1ccc2c(c1)nnn2C. The van der Waals surface area contributed by atoms with E-state index in [4.69, 9.17) is 0 Å². The summed E-state index contributed by atoms with van der Waals surface area (Å²) in [5, 5.41) is 10.9. The van der Waals surface area contributed by atoms with Crippen molar-refractivity contribution in [2.45, 2.75) is 0 Å². The quantitative estimate of drug-likeness (QED) is 0.633. The second-order valence-corrected chi connectivity index (χ2v) is 3.42. The Morgan fingerprint density at radius 2 is 2.35 bits per heavy atom. The molecule has 0 bridgehead atoms. The number of methoxy groups -OCH3 is 1. The minimum Gasteiger partial charge on any atom is -0.466 e. The van der Waals surface area contributed by atoms with Gasteiger partial charge in [0, 0.05) is 25.0 Å². The first-order chi connectivity index (χ1) is 8.20. The zero-order chi connectivity index (χ0) is 12.3. The number of carbonyl (C=O) groups is 1. The van der Waals surface area contributed by atoms with Crippen LogP contribution in [0.4, 0.5) is 5.69 Å². The standard InChI is InChI=1S/C11H12N4O2/c1-15-10-4-3-8(7-9(10)13-14-15)12-6-5-11(16)17-2/h3-7,12H,1-2H3/b6-5+. The second kappa shape index (κ2) is 4.65. The summed E-state index contributed by atoms with van der Waals surface area (Å²) in [5.74, 6) is -0.405. The Morgan fingerprint density at radius 1 is 1.53 bits per heavy atom. The van der Waals surface area contributed by atoms with Crippen molar-refractivity contribution in [2.24, 2.45) is 7.05 Å². The summed E-state index contributed by atoms with van der Waals surface area (Å²) in [6.07, 6.45) is 2.82. The van der Waals surface area contributed by atoms with Crippen LogP contribution in [0.3, 0.4) is 0 Å². The van der Waals surface area contributed by atoms with Crippen LogP contribution in [0, 0.1) is 0 Å². The predicted molar refractivity (Wildman–Crippen MR) is 63.3 cm³/mol. The third-order valence-electron chi connectivity index (χ3n) is 2.28. The molecule has 0 unspecified atom stereocenters. The molecule has 0 fully saturated rings. The third-order valence-corrected chi connectivity index (χ3v) is 2.28. The maximum atomic E-state index is 10.8. The third kappa shape index (κ3) is 2.41. The van der Waals surface area contributed by atoms with Crippen molar-refractivity contribution in [2.75, 3.05) is 12.4 Å². The summed E-state index contributed by atoms with van der Waals surface area (Å²) in [7, 11) is 3.16. The van der Waals surface area contributed by atoms with Gasteiger partial charge < -0.3 is 10.1 Å². The van der Waals surface area contributed by atoms with Gasteiger partial charge in [0.15, 0.2) is 0 Å². The van der Waals surface area contributed by atoms with E-state index in [-0.39, 0.29) is 0 Å². The van der Waals surface area contributed by atoms with Crippen molar-refractivity contribution >= 4 is 22.7 Å². The number of benzene rings is 1. The molecule has 1 aromatic heterocycles. The summed E-state index contributed by atoms with van der Waals surface area (Å²) in [5.41, 5.74) is 2.58. The number of rotatable bonds is 3. The molecule has 6 heteroatoms. The molecule has 0 atom stereocenters. The van der Waals surface area contributed by atoms with E-state index in [9.17, 15) is 4.79 Å². The van der Waals surface area contributed by atoms with Crippen LogP contribution in [-0.2, 0) is 16.6 Å². The smallest absolute Gasteiger partial charge is 0.331 e. The normalized spacial score (nSPS) is 10.9. The Morgan fingerprint density at radius 3 is 3.12 bits per heavy atom. The number of aromatic nitrogens is 3. The van der Waals surface area contributed by atoms with Crippen LogP contribution >= 0.6 is 0 Å². The highest BCUT2D eigenvalue weighted by Crippen LogP contribution is 2.16. The average molecular weight is 232 g/mol. The molecule has 88 valence electrons. The fourth-order valence-electron chi connectivity index (χ4n) is 1.40. The number of aryl methyl sites for hydroxylation is 1. The average Bonchev–Trinajstić information content (AvgIpc) is 2.70. The van der Waals surface area contributed by atoms with Crippen molar-refractivity contribution in [1.29, 1.82) is 0 Å². The Balaban J connectivity index is 2.14. The monoisotopic (exact) mass is 232 g/mol. The van der Waals surface area contributed by atoms with Crippen LogP contribution in [0.2, 0.25) is 0 Å². The summed E-state index contributed by atoms with van der Waals surface area (Å²) in [6.45, 7) is 0. The van der Waals surface area contributed by atoms with Gasteiger partial charge in [-0.1, -0.05) is 5.21 Å². The predicted octanol–water partition coefficient (Wildman–Crippen LogP) is 1.07. The molecule has 0 radical (unpaired) electrons. The molecule has 0 spiro atoms. The van der Waals surface area contributed by atoms with Gasteiger partial charge in [-0.3, -0.25) is 0 Å². The van der Waals surface area contributed by atoms with E-state index in [0.29, 0.717) is 0 Å². The van der Waals surface area contributed by atoms with E-state index < -0.39 is 5.97 Å². The lowest BCUT2D eigenvalue weighted by molar-refractivity contribution is -0.134. The zero-order valence-electron chi connectivity index (χ0n) is 9.54. The summed E-state index contributed by atoms with van der Waals surface area (Å²) in [6, 6.07) is 5.64. The molecule has 1 heterocycles. The molecule has 2 aromatic rings. The first-order valence-corrected chi connectivity index (χ1v) is 5.01. The number of esters is 1. The Bertz CT molecular complexity index is 574. The largest absolute Gasteiger partial charge is 0.466 e. The molecule has 17 heavy (non-hydrogen) atoms. The molecular weight excluding hydrogens is 220 g/mol. The number of ether oxygens (including phenoxy) is 1. The lowest BCUT2D eigenvalue weighted by Gasteiger charge is -2.00. The molecule has 6 nitrogen and oxygen atoms in total. The second-order valence-electron chi connectivity index (χ2n) is 3.42. The van der Waals surface area contributed by atoms with Crippen molar-refractivity contribution in [3.8, 4) is 0 Å². The molecule has 0 saturated heterocycles. The molecule has 0 aliphatic rings. The highest BCUT2D eigenvalue weighted by atomic mass is 16.5. The van der Waals surface area contributed by atoms with Gasteiger partial charge in [0.05, 0.1) is 12.6 Å². The maximum Gasteiger partial charge on any atom is 0.331 e. The Kier molecular flexibility index (Phi) is 3.04. The first-order valence-electron chi connectivity index (χ1n) is 5.01. The number of nitrogens with zero attached hydrogens (tertiary/aromatic N) is 3. The van der Waals surface area contributed by atoms with Gasteiger partial charge in [-0.25, -0.2) is 9.48 Å². The van der Waals surface area contributed by atoms with Crippen molar-refractivity contribution < 1.29 is 9.53 Å². The molecule has 1 N–H and O–H groups in total. The number of fused-ring (bicyclic) bond motifs is 1. The lowest BCUT2D eigenvalue weighted by atomic mass is 10.3. The van der Waals surface area contributed by atoms with E-state index in [1.807, 2.05) is 25.2 Å². The van der Waals surface area contributed by atoms with Crippen molar-refractivity contribution in [3.63, 3.8) is 0 Å². The topological polar surface area (TPSA) is 69.0 Å². The van der Waals surface area contributed by atoms with Crippen LogP contribution in [0.1, 0.15) is 0 Å². The molecule has 1 aromatic carbocycles. The Hall–Kier alpha value is -2.37. The molecule has 0 aliphatic carbocycles. The van der Waals surface area contributed by atoms with Crippen LogP contribution < -0.4 is 5.32 Å². The van der Waals surface area contributed by atoms with Gasteiger partial charge in [-0.05, 0) is 18.2 Å². The lowest BCUT2D eigenvalue weighted by Crippen LogP contribution is -1.96. The molecule has 0 amide bonds. The van der Waals surface area contributed by atoms with Crippen LogP contribution in [0.25, 0.3) is 11.0 Å². The zero-order valence-corrected chi connectivity index (χ0v) is 9.54. The number of hydrogen-bond donors (Lipinski definition) is 1. The fraction of sp³-hybridized carbons (Fsp3) is 0.182. The highest BCUT2D eigenvalue weighted by molar-refractivity contribution is 5.83. The van der Waals surface area contributed by atoms with Crippen molar-refractivity contribution in [1.82, 2.24) is 15.0 Å². The minimum absolute atomic E-state index is 0.405. The number of anilines is 1. The highest BCUT2D eigenvalue weighted by Gasteiger charge is 2.01. The van der Waals surface area contributed by atoms with E-state index in [1.54, 1.807) is 4.68 Å². The fourth-order valence-corrected chi connectivity index (χ4v) is 1.40. The number of hydrogen-bond acceptors (Lipinski definition) is 5. The summed E-state index contributed by atoms with van der Waals surface area (Å²) in [4.78, 5) is 10.8. The number of nitrogens with one attached hydrogen (secondary N) is 1. The minimum atomic E-state index is -0.405. The molecule has 0 aliphatic heterocycles. The van der Waals surface area contributed by atoms with Gasteiger partial charge in [0.25, 0.3) is 0 Å². The van der Waals surface area contributed by atoms with Gasteiger partial charge in [0.1, 0.15) is 5.52 Å². The molecule has 0 saturated carbocycles. The van der Waals surface area contributed by atoms with Gasteiger partial charge >= 0.3 is 5.97 Å². The van der Waals surface area contributed by atoms with E-state index in [1.165, 1.54) is 19.4 Å². The van der Waals surface area contributed by atoms with E-state index >= 15 is 0 Å². The summed E-state index contributed by atoms with van der Waals surface area (Å²) >= 11 is 0. The van der Waals surface area contributed by atoms with Crippen molar-refractivity contribution in [3.05, 3.63) is 30.5 Å². The van der Waals surface area contributed by atoms with Crippen LogP contribution in [0.5, 0.6) is 0 Å². The molecule has 2 rings (SSSR count). The van der Waals surface area contributed by atoms with Gasteiger partial charge in [-0.15, -0.1) is 5.10 Å². The Labute approximate surface area is 97.9 Å². The van der Waals surface area contributed by atoms with E-state index in [0.717, 1.165) is 16.7 Å². The van der Waals surface area contributed by atoms with Gasteiger partial charge in [-0.2, -0.15) is 0 Å². The van der Waals surface area contributed by atoms with Crippen LogP contribution in [0.15, 0.2) is 30.5 Å². The maximum absolute atomic E-state index is 10.8. The molecular formula is C11H12N4O2. The number of carbonyl (C=O) groups excluding carboxylic acids is 1. The first kappa shape index (κ1) is 11.1. The summed E-state index contributed by atoms with van der Waals surface area (Å²) < 4.78 is 6.17. The van der Waals surface area contributed by atoms with Gasteiger partial charge in [0.2, 0.25) is 0 Å². The van der Waals surface area contributed by atoms with E-state index in [2.05, 4.69) is 20.4 Å².